The summed E-state index contributed by atoms with van der Waals surface area (Å²) in [6.07, 6.45) is -3.28. The lowest BCUT2D eigenvalue weighted by Crippen LogP contribution is -2.61. The van der Waals surface area contributed by atoms with Crippen LogP contribution in [-0.4, -0.2) is 81.9 Å². The third kappa shape index (κ3) is 5.20. The maximum absolute atomic E-state index is 14.1. The SMILES string of the molecule is C/C(=N\C(=O)[C@@H]1O[C@@H]2COC(c3ccccc3)O[C@@H]2[C@H](n2cc(-c3ccc(Cl)c(F)c3)nn2)[C@H]1O)N(C)C. The number of rotatable bonds is 4. The minimum atomic E-state index is -1.38. The molecule has 10 nitrogen and oxygen atoms in total. The number of aromatic nitrogens is 3. The van der Waals surface area contributed by atoms with Gasteiger partial charge < -0.3 is 24.2 Å². The zero-order valence-electron chi connectivity index (χ0n) is 20.9. The van der Waals surface area contributed by atoms with Gasteiger partial charge in [0, 0.05) is 25.2 Å². The Morgan fingerprint density at radius 3 is 2.68 bits per heavy atom. The predicted molar refractivity (Wildman–Crippen MR) is 136 cm³/mol. The van der Waals surface area contributed by atoms with Crippen LogP contribution in [0.2, 0.25) is 5.02 Å². The number of ether oxygens (including phenoxy) is 3. The maximum atomic E-state index is 14.1. The number of hydrogen-bond acceptors (Lipinski definition) is 7. The van der Waals surface area contributed by atoms with Gasteiger partial charge in [0.05, 0.1) is 17.8 Å². The van der Waals surface area contributed by atoms with Gasteiger partial charge in [-0.15, -0.1) is 5.10 Å². The summed E-state index contributed by atoms with van der Waals surface area (Å²) in [6.45, 7) is 1.79. The molecule has 0 spiro atoms. The van der Waals surface area contributed by atoms with Crippen molar-refractivity contribution in [2.45, 2.75) is 43.7 Å². The van der Waals surface area contributed by atoms with Crippen LogP contribution in [0.15, 0.2) is 59.7 Å². The minimum Gasteiger partial charge on any atom is -0.387 e. The standard InChI is InChI=1S/C26H27ClFN5O5/c1-14(32(2)3)29-25(35)24-22(34)21(33-12-19(30-31-33)16-9-10-17(27)18(28)11-16)23-20(37-24)13-36-26(38-23)15-7-5-4-6-8-15/h4-12,20-24,26,34H,13H2,1-3H3/b29-14+/t20-,21-,22-,23+,24-,26?/m1/s1. The second kappa shape index (κ2) is 10.9. The van der Waals surface area contributed by atoms with Crippen LogP contribution in [0.1, 0.15) is 24.8 Å². The molecule has 38 heavy (non-hydrogen) atoms. The number of halogens is 2. The Balaban J connectivity index is 1.50. The molecular weight excluding hydrogens is 517 g/mol. The molecule has 5 rings (SSSR count). The maximum Gasteiger partial charge on any atom is 0.279 e. The molecule has 3 heterocycles. The number of amidine groups is 1. The van der Waals surface area contributed by atoms with E-state index < -0.39 is 48.5 Å². The molecule has 2 fully saturated rings. The fourth-order valence-corrected chi connectivity index (χ4v) is 4.55. The number of carbonyl (C=O) groups is 1. The van der Waals surface area contributed by atoms with Crippen LogP contribution in [0.4, 0.5) is 4.39 Å². The molecule has 200 valence electrons. The van der Waals surface area contributed by atoms with E-state index in [1.165, 1.54) is 16.8 Å². The first kappa shape index (κ1) is 26.4. The molecule has 3 aromatic rings. The van der Waals surface area contributed by atoms with Crippen LogP contribution in [-0.2, 0) is 19.0 Å². The Labute approximate surface area is 223 Å². The summed E-state index contributed by atoms with van der Waals surface area (Å²) in [5.74, 6) is -0.779. The Hall–Kier alpha value is -3.22. The lowest BCUT2D eigenvalue weighted by Gasteiger charge is -2.47. The van der Waals surface area contributed by atoms with Crippen LogP contribution >= 0.6 is 11.6 Å². The number of aliphatic imine (C=N–C) groups is 1. The molecule has 1 N–H and O–H groups in total. The number of fused-ring (bicyclic) bond motifs is 1. The third-order valence-electron chi connectivity index (χ3n) is 6.64. The number of aliphatic hydroxyl groups excluding tert-OH is 1. The predicted octanol–water partition coefficient (Wildman–Crippen LogP) is 3.03. The van der Waals surface area contributed by atoms with Gasteiger partial charge in [-0.1, -0.05) is 53.2 Å². The van der Waals surface area contributed by atoms with Gasteiger partial charge in [-0.25, -0.2) is 9.07 Å². The number of aliphatic hydroxyl groups is 1. The van der Waals surface area contributed by atoms with Crippen molar-refractivity contribution in [3.63, 3.8) is 0 Å². The first-order valence-corrected chi connectivity index (χ1v) is 12.4. The van der Waals surface area contributed by atoms with E-state index in [9.17, 15) is 14.3 Å². The number of hydrogen-bond donors (Lipinski definition) is 1. The summed E-state index contributed by atoms with van der Waals surface area (Å²) in [7, 11) is 3.51. The van der Waals surface area contributed by atoms with E-state index in [1.54, 1.807) is 38.2 Å². The highest BCUT2D eigenvalue weighted by Gasteiger charge is 2.53. The molecule has 2 aromatic carbocycles. The topological polar surface area (TPSA) is 111 Å². The molecule has 0 bridgehead atoms. The molecule has 1 amide bonds. The summed E-state index contributed by atoms with van der Waals surface area (Å²) in [5, 5.41) is 19.8. The monoisotopic (exact) mass is 543 g/mol. The van der Waals surface area contributed by atoms with E-state index in [2.05, 4.69) is 15.3 Å². The summed E-state index contributed by atoms with van der Waals surface area (Å²) in [6, 6.07) is 12.8. The summed E-state index contributed by atoms with van der Waals surface area (Å²) >= 11 is 5.82. The Morgan fingerprint density at radius 2 is 1.97 bits per heavy atom. The van der Waals surface area contributed by atoms with Gasteiger partial charge in [-0.3, -0.25) is 4.79 Å². The second-order valence-corrected chi connectivity index (χ2v) is 9.76. The molecule has 2 aliphatic rings. The molecule has 1 aromatic heterocycles. The first-order chi connectivity index (χ1) is 18.2. The summed E-state index contributed by atoms with van der Waals surface area (Å²) < 4.78 is 33.7. The van der Waals surface area contributed by atoms with Crippen LogP contribution < -0.4 is 0 Å². The first-order valence-electron chi connectivity index (χ1n) is 12.0. The fraction of sp³-hybridized carbons (Fsp3) is 0.385. The van der Waals surface area contributed by atoms with Crippen molar-refractivity contribution in [3.8, 4) is 11.3 Å². The average molecular weight is 544 g/mol. The van der Waals surface area contributed by atoms with Gasteiger partial charge in [-0.05, 0) is 19.1 Å². The van der Waals surface area contributed by atoms with Gasteiger partial charge in [0.15, 0.2) is 12.4 Å². The largest absolute Gasteiger partial charge is 0.387 e. The summed E-state index contributed by atoms with van der Waals surface area (Å²) in [5.41, 5.74) is 1.59. The Kier molecular flexibility index (Phi) is 7.55. The number of benzene rings is 2. The quantitative estimate of drug-likeness (QED) is 0.395. The van der Waals surface area contributed by atoms with Crippen LogP contribution in [0.3, 0.4) is 0 Å². The lowest BCUT2D eigenvalue weighted by atomic mass is 9.91. The molecule has 2 aliphatic heterocycles. The Bertz CT molecular complexity index is 1340. The molecule has 6 atom stereocenters. The highest BCUT2D eigenvalue weighted by Crippen LogP contribution is 2.39. The lowest BCUT2D eigenvalue weighted by molar-refractivity contribution is -0.312. The van der Waals surface area contributed by atoms with Gasteiger partial charge >= 0.3 is 0 Å². The van der Waals surface area contributed by atoms with E-state index in [0.29, 0.717) is 17.1 Å². The third-order valence-corrected chi connectivity index (χ3v) is 6.95. The highest BCUT2D eigenvalue weighted by atomic mass is 35.5. The Morgan fingerprint density at radius 1 is 1.21 bits per heavy atom. The fourth-order valence-electron chi connectivity index (χ4n) is 4.44. The second-order valence-electron chi connectivity index (χ2n) is 9.36. The van der Waals surface area contributed by atoms with Crippen molar-refractivity contribution in [2.75, 3.05) is 20.7 Å². The molecule has 12 heteroatoms. The van der Waals surface area contributed by atoms with Crippen molar-refractivity contribution < 1.29 is 28.5 Å². The van der Waals surface area contributed by atoms with Crippen LogP contribution in [0.25, 0.3) is 11.3 Å². The van der Waals surface area contributed by atoms with E-state index in [0.717, 1.165) is 5.56 Å². The summed E-state index contributed by atoms with van der Waals surface area (Å²) in [4.78, 5) is 18.8. The van der Waals surface area contributed by atoms with Crippen molar-refractivity contribution in [1.82, 2.24) is 19.9 Å². The van der Waals surface area contributed by atoms with E-state index >= 15 is 0 Å². The van der Waals surface area contributed by atoms with Gasteiger partial charge in [-0.2, -0.15) is 4.99 Å². The van der Waals surface area contributed by atoms with Crippen molar-refractivity contribution >= 4 is 23.3 Å². The average Bonchev–Trinajstić information content (AvgIpc) is 3.39. The van der Waals surface area contributed by atoms with Gasteiger partial charge in [0.1, 0.15) is 41.7 Å². The molecule has 1 unspecified atom stereocenters. The molecule has 2 saturated heterocycles. The van der Waals surface area contributed by atoms with Crippen molar-refractivity contribution in [2.24, 2.45) is 4.99 Å². The van der Waals surface area contributed by atoms with E-state index in [1.807, 2.05) is 30.3 Å². The zero-order chi connectivity index (χ0) is 27.0. The zero-order valence-corrected chi connectivity index (χ0v) is 21.7. The normalized spacial score (nSPS) is 27.6. The van der Waals surface area contributed by atoms with E-state index in [-0.39, 0.29) is 11.6 Å². The molecule has 0 aliphatic carbocycles. The smallest absolute Gasteiger partial charge is 0.279 e. The van der Waals surface area contributed by atoms with Gasteiger partial charge in [0.2, 0.25) is 0 Å². The molecular formula is C26H27ClFN5O5. The number of amides is 1. The minimum absolute atomic E-state index is 0.0127. The van der Waals surface area contributed by atoms with Crippen molar-refractivity contribution in [3.05, 3.63) is 71.1 Å². The van der Waals surface area contributed by atoms with Crippen LogP contribution in [0, 0.1) is 5.82 Å². The van der Waals surface area contributed by atoms with Crippen LogP contribution in [0.5, 0.6) is 0 Å². The molecule has 0 saturated carbocycles. The molecule has 0 radical (unpaired) electrons. The van der Waals surface area contributed by atoms with E-state index in [4.69, 9.17) is 25.8 Å². The highest BCUT2D eigenvalue weighted by molar-refractivity contribution is 6.30. The van der Waals surface area contributed by atoms with Crippen molar-refractivity contribution in [1.29, 1.82) is 0 Å². The van der Waals surface area contributed by atoms with Gasteiger partial charge in [0.25, 0.3) is 5.91 Å². The number of nitrogens with zero attached hydrogens (tertiary/aromatic N) is 5. The number of carbonyl (C=O) groups excluding carboxylic acids is 1.